The van der Waals surface area contributed by atoms with E-state index in [2.05, 4.69) is 25.5 Å². The zero-order chi connectivity index (χ0) is 22.1. The standard InChI is InChI=1S/C23H24N8O/c1-30(2)11-12-32-16-9-7-15(8-10-16)26-22-19-14-25-31(3)23(19)28-21(27-22)17-5-4-6-20-18(17)13-24-29-20/h4-10,13-14H,11-12H2,1-3H3,(H,24,29)(H,26,27,28). The molecule has 32 heavy (non-hydrogen) atoms. The maximum absolute atomic E-state index is 5.79. The number of fused-ring (bicyclic) bond motifs is 2. The molecule has 9 nitrogen and oxygen atoms in total. The highest BCUT2D eigenvalue weighted by atomic mass is 16.5. The first kappa shape index (κ1) is 20.0. The summed E-state index contributed by atoms with van der Waals surface area (Å²) in [5.74, 6) is 2.14. The number of H-pyrrole nitrogens is 1. The molecule has 162 valence electrons. The molecule has 2 aromatic carbocycles. The minimum Gasteiger partial charge on any atom is -0.492 e. The number of ether oxygens (including phenoxy) is 1. The Balaban J connectivity index is 1.48. The van der Waals surface area contributed by atoms with Gasteiger partial charge in [-0.15, -0.1) is 0 Å². The van der Waals surface area contributed by atoms with Crippen LogP contribution in [0.4, 0.5) is 11.5 Å². The van der Waals surface area contributed by atoms with E-state index in [0.29, 0.717) is 18.2 Å². The molecule has 0 aliphatic carbocycles. The lowest BCUT2D eigenvalue weighted by atomic mass is 10.1. The van der Waals surface area contributed by atoms with Crippen LogP contribution in [0.5, 0.6) is 5.75 Å². The Hall–Kier alpha value is -3.98. The van der Waals surface area contributed by atoms with E-state index in [4.69, 9.17) is 14.7 Å². The van der Waals surface area contributed by atoms with Crippen molar-refractivity contribution in [3.05, 3.63) is 54.9 Å². The topological polar surface area (TPSA) is 96.8 Å². The maximum atomic E-state index is 5.79. The molecule has 0 fully saturated rings. The van der Waals surface area contributed by atoms with Crippen molar-refractivity contribution in [3.63, 3.8) is 0 Å². The molecule has 3 heterocycles. The number of hydrogen-bond acceptors (Lipinski definition) is 7. The summed E-state index contributed by atoms with van der Waals surface area (Å²) in [6.45, 7) is 1.51. The van der Waals surface area contributed by atoms with E-state index in [1.165, 1.54) is 0 Å². The van der Waals surface area contributed by atoms with E-state index in [1.807, 2.05) is 63.6 Å². The molecule has 2 N–H and O–H groups in total. The lowest BCUT2D eigenvalue weighted by Gasteiger charge is -2.12. The van der Waals surface area contributed by atoms with Crippen LogP contribution in [0, 0.1) is 0 Å². The number of aromatic nitrogens is 6. The molecule has 0 radical (unpaired) electrons. The van der Waals surface area contributed by atoms with Gasteiger partial charge in [-0.2, -0.15) is 10.2 Å². The summed E-state index contributed by atoms with van der Waals surface area (Å²) in [5.41, 5.74) is 3.51. The summed E-state index contributed by atoms with van der Waals surface area (Å²) in [5, 5.41) is 16.8. The molecule has 0 unspecified atom stereocenters. The monoisotopic (exact) mass is 428 g/mol. The molecule has 0 aliphatic rings. The van der Waals surface area contributed by atoms with Crippen molar-refractivity contribution in [2.24, 2.45) is 7.05 Å². The van der Waals surface area contributed by atoms with Gasteiger partial charge in [-0.3, -0.25) is 9.78 Å². The minimum absolute atomic E-state index is 0.610. The molecular weight excluding hydrogens is 404 g/mol. The smallest absolute Gasteiger partial charge is 0.164 e. The van der Waals surface area contributed by atoms with Gasteiger partial charge < -0.3 is 15.0 Å². The van der Waals surface area contributed by atoms with Gasteiger partial charge in [-0.25, -0.2) is 9.97 Å². The van der Waals surface area contributed by atoms with Crippen LogP contribution in [-0.4, -0.2) is 62.1 Å². The lowest BCUT2D eigenvalue weighted by molar-refractivity contribution is 0.261. The van der Waals surface area contributed by atoms with Crippen LogP contribution in [0.2, 0.25) is 0 Å². The van der Waals surface area contributed by atoms with Gasteiger partial charge in [0.1, 0.15) is 18.2 Å². The molecule has 3 aromatic heterocycles. The molecule has 0 bridgehead atoms. The molecule has 0 aliphatic heterocycles. The van der Waals surface area contributed by atoms with Gasteiger partial charge in [-0.1, -0.05) is 12.1 Å². The minimum atomic E-state index is 0.610. The third-order valence-electron chi connectivity index (χ3n) is 5.24. The number of anilines is 2. The van der Waals surface area contributed by atoms with Crippen molar-refractivity contribution in [2.45, 2.75) is 0 Å². The van der Waals surface area contributed by atoms with Crippen molar-refractivity contribution >= 4 is 33.4 Å². The number of nitrogens with one attached hydrogen (secondary N) is 2. The number of likely N-dealkylation sites (N-methyl/N-ethyl adjacent to an activating group) is 1. The number of nitrogens with zero attached hydrogens (tertiary/aromatic N) is 6. The summed E-state index contributed by atoms with van der Waals surface area (Å²) in [6, 6.07) is 13.8. The van der Waals surface area contributed by atoms with Gasteiger partial charge in [-0.05, 0) is 44.4 Å². The zero-order valence-electron chi connectivity index (χ0n) is 18.2. The highest BCUT2D eigenvalue weighted by Gasteiger charge is 2.15. The summed E-state index contributed by atoms with van der Waals surface area (Å²) < 4.78 is 7.54. The number of aryl methyl sites for hydroxylation is 1. The largest absolute Gasteiger partial charge is 0.492 e. The maximum Gasteiger partial charge on any atom is 0.164 e. The first-order chi connectivity index (χ1) is 15.6. The van der Waals surface area contributed by atoms with Crippen LogP contribution in [0.15, 0.2) is 54.9 Å². The average molecular weight is 429 g/mol. The quantitative estimate of drug-likeness (QED) is 0.409. The van der Waals surface area contributed by atoms with Gasteiger partial charge in [0.25, 0.3) is 0 Å². The molecule has 5 aromatic rings. The normalized spacial score (nSPS) is 11.5. The van der Waals surface area contributed by atoms with Crippen LogP contribution in [0.1, 0.15) is 0 Å². The Labute approximate surface area is 185 Å². The van der Waals surface area contributed by atoms with Gasteiger partial charge in [0.05, 0.1) is 23.3 Å². The molecule has 9 heteroatoms. The lowest BCUT2D eigenvalue weighted by Crippen LogP contribution is -2.19. The first-order valence-electron chi connectivity index (χ1n) is 10.4. The molecular formula is C23H24N8O. The second kappa shape index (κ2) is 8.27. The van der Waals surface area contributed by atoms with Gasteiger partial charge in [0, 0.05) is 30.2 Å². The van der Waals surface area contributed by atoms with Crippen LogP contribution in [-0.2, 0) is 7.05 Å². The van der Waals surface area contributed by atoms with Crippen LogP contribution < -0.4 is 10.1 Å². The van der Waals surface area contributed by atoms with E-state index in [1.54, 1.807) is 17.1 Å². The van der Waals surface area contributed by atoms with Crippen molar-refractivity contribution < 1.29 is 4.74 Å². The van der Waals surface area contributed by atoms with E-state index in [0.717, 1.165) is 45.5 Å². The SMILES string of the molecule is CN(C)CCOc1ccc(Nc2nc(-c3cccc4[nH]ncc34)nc3c2cnn3C)cc1. The Kier molecular flexibility index (Phi) is 5.16. The summed E-state index contributed by atoms with van der Waals surface area (Å²) in [6.07, 6.45) is 3.57. The van der Waals surface area contributed by atoms with Crippen molar-refractivity contribution in [2.75, 3.05) is 32.6 Å². The first-order valence-corrected chi connectivity index (χ1v) is 10.4. The Morgan fingerprint density at radius 3 is 2.69 bits per heavy atom. The number of hydrogen-bond donors (Lipinski definition) is 2. The summed E-state index contributed by atoms with van der Waals surface area (Å²) in [7, 11) is 5.93. The van der Waals surface area contributed by atoms with Crippen LogP contribution in [0.25, 0.3) is 33.3 Å². The third-order valence-corrected chi connectivity index (χ3v) is 5.24. The van der Waals surface area contributed by atoms with Crippen molar-refractivity contribution in [1.29, 1.82) is 0 Å². The fraction of sp³-hybridized carbons (Fsp3) is 0.217. The van der Waals surface area contributed by atoms with Gasteiger partial charge >= 0.3 is 0 Å². The highest BCUT2D eigenvalue weighted by molar-refractivity contribution is 5.95. The molecule has 0 saturated carbocycles. The number of benzene rings is 2. The second-order valence-electron chi connectivity index (χ2n) is 7.84. The third kappa shape index (κ3) is 3.85. The zero-order valence-corrected chi connectivity index (χ0v) is 18.2. The molecule has 0 spiro atoms. The second-order valence-corrected chi connectivity index (χ2v) is 7.84. The Bertz CT molecular complexity index is 1370. The fourth-order valence-corrected chi connectivity index (χ4v) is 3.52. The fourth-order valence-electron chi connectivity index (χ4n) is 3.52. The molecule has 0 amide bonds. The summed E-state index contributed by atoms with van der Waals surface area (Å²) in [4.78, 5) is 11.7. The van der Waals surface area contributed by atoms with Gasteiger partial charge in [0.15, 0.2) is 11.5 Å². The van der Waals surface area contributed by atoms with E-state index in [-0.39, 0.29) is 0 Å². The predicted molar refractivity (Wildman–Crippen MR) is 125 cm³/mol. The molecule has 0 atom stereocenters. The molecule has 5 rings (SSSR count). The van der Waals surface area contributed by atoms with E-state index in [9.17, 15) is 0 Å². The van der Waals surface area contributed by atoms with Crippen molar-refractivity contribution in [1.82, 2.24) is 34.8 Å². The van der Waals surface area contributed by atoms with Gasteiger partial charge in [0.2, 0.25) is 0 Å². The summed E-state index contributed by atoms with van der Waals surface area (Å²) >= 11 is 0. The predicted octanol–water partition coefficient (Wildman–Crippen LogP) is 3.59. The molecule has 0 saturated heterocycles. The highest BCUT2D eigenvalue weighted by Crippen LogP contribution is 2.30. The number of aromatic amines is 1. The number of rotatable bonds is 7. The van der Waals surface area contributed by atoms with E-state index < -0.39 is 0 Å². The Morgan fingerprint density at radius 1 is 1.03 bits per heavy atom. The van der Waals surface area contributed by atoms with Crippen LogP contribution in [0.3, 0.4) is 0 Å². The van der Waals surface area contributed by atoms with Crippen LogP contribution >= 0.6 is 0 Å². The van der Waals surface area contributed by atoms with Crippen molar-refractivity contribution in [3.8, 4) is 17.1 Å². The van der Waals surface area contributed by atoms with E-state index >= 15 is 0 Å². The average Bonchev–Trinajstić information content (AvgIpc) is 3.41. The Morgan fingerprint density at radius 2 is 1.88 bits per heavy atom.